The molecule has 3 rings (SSSR count). The van der Waals surface area contributed by atoms with Gasteiger partial charge in [-0.25, -0.2) is 10.0 Å². The highest BCUT2D eigenvalue weighted by Crippen LogP contribution is 2.16. The zero-order valence-electron chi connectivity index (χ0n) is 11.4. The normalized spacial score (nSPS) is 20.0. The van der Waals surface area contributed by atoms with Crippen LogP contribution in [0.4, 0.5) is 0 Å². The van der Waals surface area contributed by atoms with Gasteiger partial charge in [0.25, 0.3) is 0 Å². The Balaban J connectivity index is 0.000000141. The number of carbonyl (C=O) groups is 1. The van der Waals surface area contributed by atoms with E-state index in [2.05, 4.69) is 10.0 Å². The molecule has 2 heterocycles. The first-order chi connectivity index (χ1) is 9.27. The molecule has 1 aromatic rings. The van der Waals surface area contributed by atoms with Gasteiger partial charge in [0.1, 0.15) is 0 Å². The molecule has 0 atom stereocenters. The van der Waals surface area contributed by atoms with E-state index in [0.717, 1.165) is 0 Å². The van der Waals surface area contributed by atoms with Crippen molar-refractivity contribution in [3.8, 4) is 0 Å². The minimum Gasteiger partial charge on any atom is -0.366 e. The summed E-state index contributed by atoms with van der Waals surface area (Å²) in [5.41, 5.74) is 5.53. The molecule has 0 aromatic heterocycles. The van der Waals surface area contributed by atoms with Gasteiger partial charge >= 0.3 is 0 Å². The molecule has 2 aliphatic heterocycles. The molecule has 0 saturated carbocycles. The summed E-state index contributed by atoms with van der Waals surface area (Å²) in [4.78, 5) is 10.4. The van der Waals surface area contributed by atoms with Gasteiger partial charge < -0.3 is 5.73 Å². The van der Waals surface area contributed by atoms with Crippen LogP contribution in [-0.2, 0) is 0 Å². The van der Waals surface area contributed by atoms with E-state index >= 15 is 0 Å². The molecule has 1 amide bonds. The summed E-state index contributed by atoms with van der Waals surface area (Å²) in [6.07, 6.45) is 5.65. The molecule has 0 radical (unpaired) electrons. The van der Waals surface area contributed by atoms with Gasteiger partial charge in [-0.1, -0.05) is 18.2 Å². The second-order valence-corrected chi connectivity index (χ2v) is 5.05. The molecular formula is C15H23N3O. The number of nitrogens with two attached hydrogens (primary N) is 1. The average Bonchev–Trinajstić information content (AvgIpc) is 3.13. The second-order valence-electron chi connectivity index (χ2n) is 5.05. The van der Waals surface area contributed by atoms with Crippen molar-refractivity contribution in [1.82, 2.24) is 10.0 Å². The molecule has 2 fully saturated rings. The maximum absolute atomic E-state index is 10.4. The number of hydrogen-bond donors (Lipinski definition) is 1. The Morgan fingerprint density at radius 3 is 1.58 bits per heavy atom. The Bertz CT molecular complexity index is 368. The van der Waals surface area contributed by atoms with Crippen LogP contribution in [0, 0.1) is 0 Å². The van der Waals surface area contributed by atoms with Crippen molar-refractivity contribution >= 4 is 5.91 Å². The van der Waals surface area contributed by atoms with E-state index in [1.54, 1.807) is 24.3 Å². The predicted octanol–water partition coefficient (Wildman–Crippen LogP) is 1.88. The van der Waals surface area contributed by atoms with Gasteiger partial charge in [-0.2, -0.15) is 0 Å². The van der Waals surface area contributed by atoms with Crippen LogP contribution in [-0.4, -0.2) is 42.1 Å². The van der Waals surface area contributed by atoms with E-state index in [-0.39, 0.29) is 5.91 Å². The van der Waals surface area contributed by atoms with Crippen LogP contribution in [0.5, 0.6) is 0 Å². The minimum atomic E-state index is -0.379. The number of rotatable bonds is 2. The summed E-state index contributed by atoms with van der Waals surface area (Å²) in [5.74, 6) is -0.379. The van der Waals surface area contributed by atoms with Crippen LogP contribution in [0.3, 0.4) is 0 Å². The maximum atomic E-state index is 10.4. The van der Waals surface area contributed by atoms with Crippen molar-refractivity contribution in [3.63, 3.8) is 0 Å². The molecule has 0 spiro atoms. The summed E-state index contributed by atoms with van der Waals surface area (Å²) in [7, 11) is 0. The van der Waals surface area contributed by atoms with Crippen molar-refractivity contribution in [2.45, 2.75) is 25.7 Å². The fraction of sp³-hybridized carbons (Fsp3) is 0.533. The second kappa shape index (κ2) is 7.26. The molecule has 0 aliphatic carbocycles. The molecule has 2 N–H and O–H groups in total. The third-order valence-corrected chi connectivity index (χ3v) is 3.62. The van der Waals surface area contributed by atoms with E-state index < -0.39 is 0 Å². The van der Waals surface area contributed by atoms with Gasteiger partial charge in [0.15, 0.2) is 0 Å². The molecule has 0 unspecified atom stereocenters. The third-order valence-electron chi connectivity index (χ3n) is 3.62. The lowest BCUT2D eigenvalue weighted by molar-refractivity contribution is 0.0220. The fourth-order valence-electron chi connectivity index (χ4n) is 2.57. The summed E-state index contributed by atoms with van der Waals surface area (Å²) in [6.45, 7) is 5.28. The number of hydrazine groups is 1. The van der Waals surface area contributed by atoms with Crippen LogP contribution < -0.4 is 5.73 Å². The molecule has 2 aliphatic rings. The van der Waals surface area contributed by atoms with Crippen LogP contribution in [0.1, 0.15) is 36.0 Å². The van der Waals surface area contributed by atoms with Gasteiger partial charge in [0.05, 0.1) is 0 Å². The molecule has 104 valence electrons. The number of nitrogens with zero attached hydrogens (tertiary/aromatic N) is 2. The SMILES string of the molecule is C1CCN(N2CCCC2)C1.NC(=O)c1ccccc1. The lowest BCUT2D eigenvalue weighted by atomic mass is 10.2. The van der Waals surface area contributed by atoms with E-state index in [0.29, 0.717) is 5.56 Å². The zero-order valence-corrected chi connectivity index (χ0v) is 11.4. The molecule has 2 saturated heterocycles. The lowest BCUT2D eigenvalue weighted by Gasteiger charge is -2.26. The zero-order chi connectivity index (χ0) is 13.5. The highest BCUT2D eigenvalue weighted by atomic mass is 16.1. The Kier molecular flexibility index (Phi) is 5.36. The smallest absolute Gasteiger partial charge is 0.248 e. The van der Waals surface area contributed by atoms with E-state index in [1.807, 2.05) is 6.07 Å². The van der Waals surface area contributed by atoms with Gasteiger partial charge in [-0.05, 0) is 37.8 Å². The first-order valence-corrected chi connectivity index (χ1v) is 7.12. The molecule has 0 bridgehead atoms. The quantitative estimate of drug-likeness (QED) is 0.884. The molecule has 19 heavy (non-hydrogen) atoms. The van der Waals surface area contributed by atoms with Gasteiger partial charge in [-0.3, -0.25) is 4.79 Å². The van der Waals surface area contributed by atoms with Gasteiger partial charge in [0.2, 0.25) is 5.91 Å². The summed E-state index contributed by atoms with van der Waals surface area (Å²) in [5, 5.41) is 5.07. The Hall–Kier alpha value is -1.39. The van der Waals surface area contributed by atoms with Crippen molar-refractivity contribution in [2.75, 3.05) is 26.2 Å². The van der Waals surface area contributed by atoms with Crippen LogP contribution in [0.15, 0.2) is 30.3 Å². The van der Waals surface area contributed by atoms with Crippen LogP contribution >= 0.6 is 0 Å². The largest absolute Gasteiger partial charge is 0.366 e. The van der Waals surface area contributed by atoms with Crippen molar-refractivity contribution < 1.29 is 4.79 Å². The summed E-state index contributed by atoms with van der Waals surface area (Å²) in [6, 6.07) is 8.76. The van der Waals surface area contributed by atoms with E-state index in [1.165, 1.54) is 51.9 Å². The predicted molar refractivity (Wildman–Crippen MR) is 76.6 cm³/mol. The van der Waals surface area contributed by atoms with E-state index in [4.69, 9.17) is 5.73 Å². The van der Waals surface area contributed by atoms with Crippen molar-refractivity contribution in [2.24, 2.45) is 5.73 Å². The minimum absolute atomic E-state index is 0.379. The fourth-order valence-corrected chi connectivity index (χ4v) is 2.57. The molecule has 1 aromatic carbocycles. The number of hydrogen-bond acceptors (Lipinski definition) is 3. The Morgan fingerprint density at radius 1 is 0.842 bits per heavy atom. The standard InChI is InChI=1S/C8H16N2.C7H7NO/c1-2-6-9(5-1)10-7-3-4-8-10;8-7(9)6-4-2-1-3-5-6/h1-8H2;1-5H,(H2,8,9). The molecular weight excluding hydrogens is 238 g/mol. The third kappa shape index (κ3) is 4.33. The van der Waals surface area contributed by atoms with Crippen LogP contribution in [0.2, 0.25) is 0 Å². The summed E-state index contributed by atoms with van der Waals surface area (Å²) < 4.78 is 0. The maximum Gasteiger partial charge on any atom is 0.248 e. The van der Waals surface area contributed by atoms with Crippen molar-refractivity contribution in [3.05, 3.63) is 35.9 Å². The summed E-state index contributed by atoms with van der Waals surface area (Å²) >= 11 is 0. The first kappa shape index (κ1) is 14.0. The van der Waals surface area contributed by atoms with Gasteiger partial charge in [0, 0.05) is 31.7 Å². The first-order valence-electron chi connectivity index (χ1n) is 7.12. The average molecular weight is 261 g/mol. The van der Waals surface area contributed by atoms with Gasteiger partial charge in [-0.15, -0.1) is 0 Å². The number of amides is 1. The lowest BCUT2D eigenvalue weighted by Crippen LogP contribution is -2.38. The van der Waals surface area contributed by atoms with Crippen LogP contribution in [0.25, 0.3) is 0 Å². The highest BCUT2D eigenvalue weighted by molar-refractivity contribution is 5.92. The molecule has 4 nitrogen and oxygen atoms in total. The number of benzene rings is 1. The number of primary amides is 1. The monoisotopic (exact) mass is 261 g/mol. The highest BCUT2D eigenvalue weighted by Gasteiger charge is 2.21. The van der Waals surface area contributed by atoms with E-state index in [9.17, 15) is 4.79 Å². The number of carbonyl (C=O) groups excluding carboxylic acids is 1. The van der Waals surface area contributed by atoms with Crippen molar-refractivity contribution in [1.29, 1.82) is 0 Å². The topological polar surface area (TPSA) is 49.6 Å². The Labute approximate surface area is 115 Å². The Morgan fingerprint density at radius 2 is 1.26 bits per heavy atom. The molecule has 4 heteroatoms.